The molecule has 1 aliphatic rings. The van der Waals surface area contributed by atoms with Crippen LogP contribution in [0.25, 0.3) is 0 Å². The zero-order chi connectivity index (χ0) is 12.1. The van der Waals surface area contributed by atoms with Gasteiger partial charge in [-0.1, -0.05) is 0 Å². The topological polar surface area (TPSA) is 46.3 Å². The standard InChI is InChI=1S/C10H9F3N2O/c1-15-4-5-2-7(10(11,12)13)8(14)3-6(5)9(15)16/h2-3H,4,14H2,1H3. The predicted molar refractivity (Wildman–Crippen MR) is 51.7 cm³/mol. The predicted octanol–water partition coefficient (Wildman–Crippen LogP) is 1.87. The summed E-state index contributed by atoms with van der Waals surface area (Å²) in [5.74, 6) is -0.296. The van der Waals surface area contributed by atoms with Gasteiger partial charge in [0.05, 0.1) is 5.56 Å². The summed E-state index contributed by atoms with van der Waals surface area (Å²) in [6.45, 7) is 0.192. The van der Waals surface area contributed by atoms with Crippen LogP contribution in [0, 0.1) is 0 Å². The number of hydrogen-bond acceptors (Lipinski definition) is 2. The zero-order valence-corrected chi connectivity index (χ0v) is 8.43. The Morgan fingerprint density at radius 3 is 2.56 bits per heavy atom. The van der Waals surface area contributed by atoms with E-state index in [2.05, 4.69) is 0 Å². The lowest BCUT2D eigenvalue weighted by atomic mass is 10.0. The number of fused-ring (bicyclic) bond motifs is 1. The van der Waals surface area contributed by atoms with Crippen LogP contribution in [0.5, 0.6) is 0 Å². The van der Waals surface area contributed by atoms with Gasteiger partial charge in [0, 0.05) is 24.8 Å². The van der Waals surface area contributed by atoms with Crippen LogP contribution in [0.3, 0.4) is 0 Å². The van der Waals surface area contributed by atoms with Crippen LogP contribution in [0.2, 0.25) is 0 Å². The SMILES string of the molecule is CN1Cc2cc(C(F)(F)F)c(N)cc2C1=O. The smallest absolute Gasteiger partial charge is 0.398 e. The summed E-state index contributed by atoms with van der Waals surface area (Å²) < 4.78 is 37.6. The molecule has 0 aliphatic carbocycles. The molecule has 0 saturated carbocycles. The van der Waals surface area contributed by atoms with Crippen molar-refractivity contribution in [3.8, 4) is 0 Å². The highest BCUT2D eigenvalue weighted by atomic mass is 19.4. The number of amides is 1. The first-order valence-corrected chi connectivity index (χ1v) is 4.56. The Morgan fingerprint density at radius 1 is 1.38 bits per heavy atom. The van der Waals surface area contributed by atoms with E-state index in [0.29, 0.717) is 5.56 Å². The van der Waals surface area contributed by atoms with Gasteiger partial charge in [-0.15, -0.1) is 0 Å². The van der Waals surface area contributed by atoms with Crippen LogP contribution >= 0.6 is 0 Å². The summed E-state index contributed by atoms with van der Waals surface area (Å²) >= 11 is 0. The van der Waals surface area contributed by atoms with E-state index in [1.807, 2.05) is 0 Å². The second-order valence-electron chi connectivity index (χ2n) is 3.76. The molecule has 16 heavy (non-hydrogen) atoms. The maximum absolute atomic E-state index is 12.5. The van der Waals surface area contributed by atoms with E-state index >= 15 is 0 Å². The minimum atomic E-state index is -4.48. The highest BCUT2D eigenvalue weighted by Gasteiger charge is 2.36. The van der Waals surface area contributed by atoms with Crippen LogP contribution in [0.1, 0.15) is 21.5 Å². The van der Waals surface area contributed by atoms with Crippen molar-refractivity contribution < 1.29 is 18.0 Å². The number of halogens is 3. The fourth-order valence-corrected chi connectivity index (χ4v) is 1.77. The third kappa shape index (κ3) is 1.50. The molecule has 1 aliphatic heterocycles. The number of nitrogens with two attached hydrogens (primary N) is 1. The van der Waals surface area contributed by atoms with Crippen molar-refractivity contribution in [2.24, 2.45) is 0 Å². The van der Waals surface area contributed by atoms with E-state index in [1.165, 1.54) is 11.9 Å². The molecule has 1 amide bonds. The molecule has 0 spiro atoms. The molecule has 3 nitrogen and oxygen atoms in total. The molecule has 1 aromatic carbocycles. The quantitative estimate of drug-likeness (QED) is 0.691. The second kappa shape index (κ2) is 3.13. The Kier molecular flexibility index (Phi) is 2.11. The molecular formula is C10H9F3N2O. The maximum atomic E-state index is 12.5. The van der Waals surface area contributed by atoms with Crippen molar-refractivity contribution in [2.75, 3.05) is 12.8 Å². The van der Waals surface area contributed by atoms with Crippen molar-refractivity contribution in [2.45, 2.75) is 12.7 Å². The first-order valence-electron chi connectivity index (χ1n) is 4.56. The van der Waals surface area contributed by atoms with Gasteiger partial charge in [0.1, 0.15) is 0 Å². The molecule has 0 fully saturated rings. The number of hydrogen-bond donors (Lipinski definition) is 1. The van der Waals surface area contributed by atoms with Crippen LogP contribution in [-0.2, 0) is 12.7 Å². The highest BCUT2D eigenvalue weighted by Crippen LogP contribution is 2.37. The van der Waals surface area contributed by atoms with Gasteiger partial charge in [-0.05, 0) is 17.7 Å². The maximum Gasteiger partial charge on any atom is 0.418 e. The minimum Gasteiger partial charge on any atom is -0.398 e. The van der Waals surface area contributed by atoms with Gasteiger partial charge in [0.15, 0.2) is 0 Å². The Balaban J connectivity index is 2.58. The zero-order valence-electron chi connectivity index (χ0n) is 8.43. The normalized spacial score (nSPS) is 15.5. The van der Waals surface area contributed by atoms with Gasteiger partial charge in [-0.2, -0.15) is 13.2 Å². The van der Waals surface area contributed by atoms with Crippen LogP contribution in [0.15, 0.2) is 12.1 Å². The average molecular weight is 230 g/mol. The van der Waals surface area contributed by atoms with Crippen molar-refractivity contribution in [1.82, 2.24) is 4.90 Å². The number of carbonyl (C=O) groups excluding carboxylic acids is 1. The van der Waals surface area contributed by atoms with E-state index in [1.54, 1.807) is 0 Å². The average Bonchev–Trinajstić information content (AvgIpc) is 2.41. The molecule has 2 N–H and O–H groups in total. The number of benzene rings is 1. The molecule has 1 heterocycles. The first kappa shape index (κ1) is 10.8. The molecular weight excluding hydrogens is 221 g/mol. The number of nitrogen functional groups attached to an aromatic ring is 1. The summed E-state index contributed by atoms with van der Waals surface area (Å²) in [5, 5.41) is 0. The molecule has 0 unspecified atom stereocenters. The van der Waals surface area contributed by atoms with Crippen molar-refractivity contribution in [1.29, 1.82) is 0 Å². The molecule has 0 radical (unpaired) electrons. The van der Waals surface area contributed by atoms with E-state index in [4.69, 9.17) is 5.73 Å². The van der Waals surface area contributed by atoms with E-state index in [9.17, 15) is 18.0 Å². The number of nitrogens with zero attached hydrogens (tertiary/aromatic N) is 1. The fraction of sp³-hybridized carbons (Fsp3) is 0.300. The Morgan fingerprint density at radius 2 is 2.00 bits per heavy atom. The van der Waals surface area contributed by atoms with Gasteiger partial charge in [0.2, 0.25) is 0 Å². The lowest BCUT2D eigenvalue weighted by Gasteiger charge is -2.10. The third-order valence-corrected chi connectivity index (χ3v) is 2.57. The summed E-state index contributed by atoms with van der Waals surface area (Å²) in [7, 11) is 1.53. The first-order chi connectivity index (χ1) is 7.30. The van der Waals surface area contributed by atoms with Crippen molar-refractivity contribution in [3.63, 3.8) is 0 Å². The summed E-state index contributed by atoms with van der Waals surface area (Å²) in [5.41, 5.74) is 4.64. The molecule has 86 valence electrons. The van der Waals surface area contributed by atoms with Crippen molar-refractivity contribution >= 4 is 11.6 Å². The number of rotatable bonds is 0. The minimum absolute atomic E-state index is 0.192. The molecule has 0 saturated heterocycles. The van der Waals surface area contributed by atoms with Crippen LogP contribution in [-0.4, -0.2) is 17.9 Å². The molecule has 6 heteroatoms. The Labute approximate surface area is 89.6 Å². The monoisotopic (exact) mass is 230 g/mol. The Hall–Kier alpha value is -1.72. The molecule has 0 atom stereocenters. The summed E-state index contributed by atoms with van der Waals surface area (Å²) in [6.07, 6.45) is -4.48. The summed E-state index contributed by atoms with van der Waals surface area (Å²) in [4.78, 5) is 12.9. The molecule has 1 aromatic rings. The lowest BCUT2D eigenvalue weighted by Crippen LogP contribution is -2.17. The van der Waals surface area contributed by atoms with Gasteiger partial charge in [0.25, 0.3) is 5.91 Å². The van der Waals surface area contributed by atoms with Crippen LogP contribution in [0.4, 0.5) is 18.9 Å². The lowest BCUT2D eigenvalue weighted by molar-refractivity contribution is -0.136. The highest BCUT2D eigenvalue weighted by molar-refractivity contribution is 5.99. The Bertz CT molecular complexity index is 468. The van der Waals surface area contributed by atoms with Gasteiger partial charge >= 0.3 is 6.18 Å². The molecule has 0 bridgehead atoms. The number of anilines is 1. The number of carbonyl (C=O) groups is 1. The van der Waals surface area contributed by atoms with E-state index < -0.39 is 17.4 Å². The van der Waals surface area contributed by atoms with Gasteiger partial charge in [-0.25, -0.2) is 0 Å². The largest absolute Gasteiger partial charge is 0.418 e. The summed E-state index contributed by atoms with van der Waals surface area (Å²) in [6, 6.07) is 2.05. The van der Waals surface area contributed by atoms with Gasteiger partial charge in [-0.3, -0.25) is 4.79 Å². The third-order valence-electron chi connectivity index (χ3n) is 2.57. The van der Waals surface area contributed by atoms with Gasteiger partial charge < -0.3 is 10.6 Å². The second-order valence-corrected chi connectivity index (χ2v) is 3.76. The van der Waals surface area contributed by atoms with E-state index in [0.717, 1.165) is 12.1 Å². The van der Waals surface area contributed by atoms with Crippen LogP contribution < -0.4 is 5.73 Å². The van der Waals surface area contributed by atoms with E-state index in [-0.39, 0.29) is 18.0 Å². The molecule has 2 rings (SSSR count). The fourth-order valence-electron chi connectivity index (χ4n) is 1.77. The van der Waals surface area contributed by atoms with Crippen molar-refractivity contribution in [3.05, 3.63) is 28.8 Å². The molecule has 0 aromatic heterocycles. The number of alkyl halides is 3.